The van der Waals surface area contributed by atoms with Crippen molar-refractivity contribution in [1.29, 1.82) is 0 Å². The van der Waals surface area contributed by atoms with Crippen molar-refractivity contribution in [3.05, 3.63) is 35.4 Å². The Kier molecular flexibility index (Phi) is 5.54. The van der Waals surface area contributed by atoms with Gasteiger partial charge in [0.1, 0.15) is 0 Å². The summed E-state index contributed by atoms with van der Waals surface area (Å²) in [6.07, 6.45) is 5.11. The lowest BCUT2D eigenvalue weighted by molar-refractivity contribution is 0.195. The Bertz CT molecular complexity index is 692. The van der Waals surface area contributed by atoms with E-state index in [1.165, 1.54) is 25.7 Å². The van der Waals surface area contributed by atoms with Crippen molar-refractivity contribution in [3.8, 4) is 0 Å². The number of aliphatic hydroxyl groups is 1. The number of unbranched alkanes of at least 4 members (excludes halogenated alkanes) is 3. The molecule has 1 aliphatic heterocycles. The molecule has 1 saturated carbocycles. The lowest BCUT2D eigenvalue weighted by Gasteiger charge is -2.26. The van der Waals surface area contributed by atoms with E-state index in [0.29, 0.717) is 17.4 Å². The van der Waals surface area contributed by atoms with Crippen LogP contribution in [0.4, 0.5) is 0 Å². The Hall–Kier alpha value is -0.950. The van der Waals surface area contributed by atoms with E-state index in [1.54, 1.807) is 6.07 Å². The van der Waals surface area contributed by atoms with Crippen LogP contribution in [-0.2, 0) is 21.2 Å². The molecule has 0 bridgehead atoms. The number of primary sulfonamides is 1. The SMILES string of the molecule is CCCCCCN1CC2C(C1)C2(CO)c1cccc(CS(N)(=O)=O)c1. The summed E-state index contributed by atoms with van der Waals surface area (Å²) in [6, 6.07) is 7.61. The summed E-state index contributed by atoms with van der Waals surface area (Å²) in [7, 11) is -3.54. The van der Waals surface area contributed by atoms with Gasteiger partial charge in [-0.1, -0.05) is 50.5 Å². The maximum absolute atomic E-state index is 11.4. The van der Waals surface area contributed by atoms with Crippen LogP contribution in [0, 0.1) is 11.8 Å². The molecule has 2 atom stereocenters. The molecule has 1 aromatic rings. The highest BCUT2D eigenvalue weighted by Gasteiger charge is 2.68. The van der Waals surface area contributed by atoms with Gasteiger partial charge in [0.25, 0.3) is 0 Å². The third-order valence-electron chi connectivity index (χ3n) is 6.03. The number of likely N-dealkylation sites (tertiary alicyclic amines) is 1. The van der Waals surface area contributed by atoms with Crippen molar-refractivity contribution < 1.29 is 13.5 Å². The molecule has 1 heterocycles. The van der Waals surface area contributed by atoms with Crippen LogP contribution in [0.15, 0.2) is 24.3 Å². The van der Waals surface area contributed by atoms with Crippen molar-refractivity contribution in [2.75, 3.05) is 26.2 Å². The maximum atomic E-state index is 11.4. The van der Waals surface area contributed by atoms with Crippen molar-refractivity contribution >= 4 is 10.0 Å². The zero-order valence-electron chi connectivity index (χ0n) is 15.0. The monoisotopic (exact) mass is 366 g/mol. The predicted octanol–water partition coefficient (Wildman–Crippen LogP) is 1.85. The molecular weight excluding hydrogens is 336 g/mol. The van der Waals surface area contributed by atoms with Crippen molar-refractivity contribution in [1.82, 2.24) is 4.90 Å². The molecule has 1 saturated heterocycles. The zero-order valence-corrected chi connectivity index (χ0v) is 15.8. The van der Waals surface area contributed by atoms with Gasteiger partial charge in [-0.15, -0.1) is 0 Å². The van der Waals surface area contributed by atoms with Gasteiger partial charge in [0.2, 0.25) is 10.0 Å². The number of hydrogen-bond acceptors (Lipinski definition) is 4. The summed E-state index contributed by atoms with van der Waals surface area (Å²) < 4.78 is 22.7. The molecule has 0 spiro atoms. The number of aliphatic hydroxyl groups excluding tert-OH is 1. The molecule has 2 unspecified atom stereocenters. The number of nitrogens with two attached hydrogens (primary N) is 1. The van der Waals surface area contributed by atoms with E-state index in [-0.39, 0.29) is 17.8 Å². The topological polar surface area (TPSA) is 83.6 Å². The van der Waals surface area contributed by atoms with Crippen molar-refractivity contribution in [2.24, 2.45) is 17.0 Å². The van der Waals surface area contributed by atoms with Gasteiger partial charge in [-0.3, -0.25) is 0 Å². The van der Waals surface area contributed by atoms with Crippen LogP contribution >= 0.6 is 0 Å². The molecule has 2 fully saturated rings. The van der Waals surface area contributed by atoms with E-state index in [9.17, 15) is 13.5 Å². The van der Waals surface area contributed by atoms with E-state index < -0.39 is 10.0 Å². The van der Waals surface area contributed by atoms with Gasteiger partial charge in [-0.2, -0.15) is 0 Å². The molecule has 5 nitrogen and oxygen atoms in total. The summed E-state index contributed by atoms with van der Waals surface area (Å²) >= 11 is 0. The van der Waals surface area contributed by atoms with E-state index in [0.717, 1.165) is 25.2 Å². The van der Waals surface area contributed by atoms with Crippen LogP contribution < -0.4 is 5.14 Å². The molecule has 0 aromatic heterocycles. The smallest absolute Gasteiger partial charge is 0.213 e. The summed E-state index contributed by atoms with van der Waals surface area (Å²) in [5.41, 5.74) is 1.58. The van der Waals surface area contributed by atoms with Crippen LogP contribution in [0.3, 0.4) is 0 Å². The fraction of sp³-hybridized carbons (Fsp3) is 0.684. The largest absolute Gasteiger partial charge is 0.395 e. The summed E-state index contributed by atoms with van der Waals surface area (Å²) in [4.78, 5) is 2.52. The summed E-state index contributed by atoms with van der Waals surface area (Å²) in [5.74, 6) is 0.808. The lowest BCUT2D eigenvalue weighted by atomic mass is 9.90. The van der Waals surface area contributed by atoms with Crippen molar-refractivity contribution in [3.63, 3.8) is 0 Å². The highest BCUT2D eigenvalue weighted by molar-refractivity contribution is 7.88. The molecule has 1 aliphatic carbocycles. The molecular formula is C19H30N2O3S. The molecule has 140 valence electrons. The average Bonchev–Trinajstić information content (AvgIpc) is 2.94. The van der Waals surface area contributed by atoms with Gasteiger partial charge in [0.15, 0.2) is 0 Å². The minimum absolute atomic E-state index is 0.130. The first-order valence-electron chi connectivity index (χ1n) is 9.34. The van der Waals surface area contributed by atoms with Crippen LogP contribution in [0.25, 0.3) is 0 Å². The van der Waals surface area contributed by atoms with Gasteiger partial charge in [0.05, 0.1) is 12.4 Å². The van der Waals surface area contributed by atoms with E-state index >= 15 is 0 Å². The molecule has 0 amide bonds. The molecule has 6 heteroatoms. The zero-order chi connectivity index (χ0) is 18.1. The van der Waals surface area contributed by atoms with Gasteiger partial charge in [0, 0.05) is 18.5 Å². The van der Waals surface area contributed by atoms with Crippen LogP contribution in [0.2, 0.25) is 0 Å². The maximum Gasteiger partial charge on any atom is 0.213 e. The van der Waals surface area contributed by atoms with Gasteiger partial charge in [-0.05, 0) is 35.9 Å². The number of sulfonamides is 1. The molecule has 1 aromatic carbocycles. The number of nitrogens with zero attached hydrogens (tertiary/aromatic N) is 1. The fourth-order valence-corrected chi connectivity index (χ4v) is 5.34. The number of piperidine rings is 1. The average molecular weight is 367 g/mol. The third-order valence-corrected chi connectivity index (χ3v) is 6.77. The molecule has 2 aliphatic rings. The molecule has 3 rings (SSSR count). The predicted molar refractivity (Wildman–Crippen MR) is 99.6 cm³/mol. The normalized spacial score (nSPS) is 28.9. The number of hydrogen-bond donors (Lipinski definition) is 2. The van der Waals surface area contributed by atoms with Crippen molar-refractivity contribution in [2.45, 2.75) is 43.8 Å². The van der Waals surface area contributed by atoms with Gasteiger partial charge >= 0.3 is 0 Å². The fourth-order valence-electron chi connectivity index (χ4n) is 4.70. The van der Waals surface area contributed by atoms with Crippen LogP contribution in [-0.4, -0.2) is 44.7 Å². The second kappa shape index (κ2) is 7.35. The minimum atomic E-state index is -3.54. The standard InChI is InChI=1S/C19H30N2O3S/c1-2-3-4-5-9-21-11-17-18(12-21)19(17,14-22)16-8-6-7-15(10-16)13-25(20,23)24/h6-8,10,17-18,22H,2-5,9,11-14H2,1H3,(H2,20,23,24). The Balaban J connectivity index is 1.64. The first kappa shape index (κ1) is 18.8. The highest BCUT2D eigenvalue weighted by Crippen LogP contribution is 2.63. The second-order valence-electron chi connectivity index (χ2n) is 7.74. The highest BCUT2D eigenvalue weighted by atomic mass is 32.2. The second-order valence-corrected chi connectivity index (χ2v) is 9.35. The summed E-state index contributed by atoms with van der Waals surface area (Å²) in [6.45, 7) is 5.59. The Morgan fingerprint density at radius 1 is 1.24 bits per heavy atom. The van der Waals surface area contributed by atoms with Crippen LogP contribution in [0.5, 0.6) is 0 Å². The lowest BCUT2D eigenvalue weighted by Crippen LogP contribution is -2.33. The Labute approximate surface area is 151 Å². The van der Waals surface area contributed by atoms with Crippen LogP contribution in [0.1, 0.15) is 43.7 Å². The number of benzene rings is 1. The first-order chi connectivity index (χ1) is 11.9. The quantitative estimate of drug-likeness (QED) is 0.653. The van der Waals surface area contributed by atoms with E-state index in [1.807, 2.05) is 18.2 Å². The Morgan fingerprint density at radius 2 is 1.96 bits per heavy atom. The molecule has 3 N–H and O–H groups in total. The third kappa shape index (κ3) is 3.92. The Morgan fingerprint density at radius 3 is 2.56 bits per heavy atom. The molecule has 0 radical (unpaired) electrons. The van der Waals surface area contributed by atoms with E-state index in [2.05, 4.69) is 11.8 Å². The minimum Gasteiger partial charge on any atom is -0.395 e. The number of rotatable bonds is 9. The number of fused-ring (bicyclic) bond motifs is 1. The summed E-state index contributed by atoms with van der Waals surface area (Å²) in [5, 5.41) is 15.3. The van der Waals surface area contributed by atoms with Gasteiger partial charge in [-0.25, -0.2) is 13.6 Å². The molecule has 25 heavy (non-hydrogen) atoms. The van der Waals surface area contributed by atoms with E-state index in [4.69, 9.17) is 5.14 Å². The first-order valence-corrected chi connectivity index (χ1v) is 11.1. The van der Waals surface area contributed by atoms with Gasteiger partial charge < -0.3 is 10.0 Å².